The number of amides is 1. The van der Waals surface area contributed by atoms with Crippen LogP contribution in [0.5, 0.6) is 11.8 Å². The van der Waals surface area contributed by atoms with Crippen molar-refractivity contribution in [3.63, 3.8) is 0 Å². The van der Waals surface area contributed by atoms with Crippen molar-refractivity contribution in [3.8, 4) is 22.9 Å². The van der Waals surface area contributed by atoms with Crippen molar-refractivity contribution in [2.75, 3.05) is 18.9 Å². The molecular formula is C23H24F3N5O3. The first-order valence-corrected chi connectivity index (χ1v) is 10.2. The van der Waals surface area contributed by atoms with Crippen LogP contribution in [0, 0.1) is 5.41 Å². The lowest BCUT2D eigenvalue weighted by atomic mass is 9.94. The third-order valence-corrected chi connectivity index (χ3v) is 4.70. The number of alkyl halides is 3. The molecule has 11 heteroatoms. The van der Waals surface area contributed by atoms with Crippen LogP contribution in [-0.2, 0) is 0 Å². The highest BCUT2D eigenvalue weighted by atomic mass is 19.4. The molecule has 0 saturated carbocycles. The molecule has 0 aliphatic carbocycles. The number of nitrogens with zero attached hydrogens (tertiary/aromatic N) is 3. The van der Waals surface area contributed by atoms with E-state index in [0.29, 0.717) is 11.1 Å². The van der Waals surface area contributed by atoms with Crippen LogP contribution in [0.2, 0.25) is 0 Å². The Morgan fingerprint density at radius 3 is 2.26 bits per heavy atom. The van der Waals surface area contributed by atoms with E-state index in [2.05, 4.69) is 14.7 Å². The maximum atomic E-state index is 13.0. The summed E-state index contributed by atoms with van der Waals surface area (Å²) in [6.07, 6.45) is -1.67. The molecule has 3 aromatic rings. The fourth-order valence-electron chi connectivity index (χ4n) is 3.12. The van der Waals surface area contributed by atoms with E-state index < -0.39 is 17.7 Å². The molecule has 2 aromatic carbocycles. The van der Waals surface area contributed by atoms with Gasteiger partial charge in [-0.05, 0) is 41.5 Å². The molecule has 34 heavy (non-hydrogen) atoms. The van der Waals surface area contributed by atoms with E-state index in [-0.39, 0.29) is 36.2 Å². The Kier molecular flexibility index (Phi) is 7.26. The highest BCUT2D eigenvalue weighted by molar-refractivity contribution is 6.00. The predicted octanol–water partition coefficient (Wildman–Crippen LogP) is 4.05. The summed E-state index contributed by atoms with van der Waals surface area (Å²) in [5.74, 6) is 5.20. The average molecular weight is 475 g/mol. The molecule has 3 rings (SSSR count). The maximum Gasteiger partial charge on any atom is 0.573 e. The molecule has 0 fully saturated rings. The van der Waals surface area contributed by atoms with Crippen LogP contribution in [0.15, 0.2) is 60.9 Å². The van der Waals surface area contributed by atoms with Crippen molar-refractivity contribution in [1.29, 1.82) is 0 Å². The molecule has 0 radical (unpaired) electrons. The van der Waals surface area contributed by atoms with E-state index in [1.165, 1.54) is 30.3 Å². The molecule has 0 bridgehead atoms. The van der Waals surface area contributed by atoms with Crippen molar-refractivity contribution in [3.05, 3.63) is 66.5 Å². The molecule has 0 saturated heterocycles. The summed E-state index contributed by atoms with van der Waals surface area (Å²) in [7, 11) is 0. The predicted molar refractivity (Wildman–Crippen MR) is 120 cm³/mol. The number of rotatable bonds is 8. The Bertz CT molecular complexity index is 1120. The van der Waals surface area contributed by atoms with Crippen LogP contribution in [0.4, 0.5) is 18.9 Å². The number of aromatic nitrogens is 2. The average Bonchev–Trinajstić information content (AvgIpc) is 2.77. The van der Waals surface area contributed by atoms with Gasteiger partial charge >= 0.3 is 12.4 Å². The number of anilines is 1. The topological polar surface area (TPSA) is 117 Å². The van der Waals surface area contributed by atoms with E-state index >= 15 is 0 Å². The molecular weight excluding hydrogens is 451 g/mol. The minimum absolute atomic E-state index is 0.145. The molecule has 8 nitrogen and oxygen atoms in total. The number of hydrazine groups is 1. The summed E-state index contributed by atoms with van der Waals surface area (Å²) in [5.41, 5.74) is 7.00. The lowest BCUT2D eigenvalue weighted by Gasteiger charge is -2.29. The van der Waals surface area contributed by atoms with E-state index in [4.69, 9.17) is 16.3 Å². The fourth-order valence-corrected chi connectivity index (χ4v) is 3.12. The number of carbonyl (C=O) groups excluding carboxylic acids is 1. The summed E-state index contributed by atoms with van der Waals surface area (Å²) in [6, 6.07) is 11.9. The minimum Gasteiger partial charge on any atom is -0.463 e. The Balaban J connectivity index is 1.71. The molecule has 1 aromatic heterocycles. The number of hydrogen-bond donors (Lipinski definition) is 2. The van der Waals surface area contributed by atoms with E-state index in [1.807, 2.05) is 13.8 Å². The Morgan fingerprint density at radius 2 is 1.65 bits per heavy atom. The first kappa shape index (κ1) is 24.8. The monoisotopic (exact) mass is 475 g/mol. The van der Waals surface area contributed by atoms with Gasteiger partial charge in [-0.15, -0.1) is 13.2 Å². The Morgan fingerprint density at radius 1 is 1.03 bits per heavy atom. The number of carbonyl (C=O) groups is 1. The third-order valence-electron chi connectivity index (χ3n) is 4.70. The molecule has 1 amide bonds. The summed E-state index contributed by atoms with van der Waals surface area (Å²) < 4.78 is 46.6. The van der Waals surface area contributed by atoms with Crippen molar-refractivity contribution < 1.29 is 27.4 Å². The van der Waals surface area contributed by atoms with Crippen molar-refractivity contribution in [2.45, 2.75) is 20.2 Å². The summed E-state index contributed by atoms with van der Waals surface area (Å²) in [6.45, 7) is 4.09. The van der Waals surface area contributed by atoms with Gasteiger partial charge in [0.15, 0.2) is 0 Å². The minimum atomic E-state index is -4.78. The molecule has 180 valence electrons. The number of ether oxygens (including phenoxy) is 2. The Hall–Kier alpha value is -3.86. The van der Waals surface area contributed by atoms with Gasteiger partial charge in [0.2, 0.25) is 0 Å². The second kappa shape index (κ2) is 9.96. The van der Waals surface area contributed by atoms with Crippen LogP contribution in [0.1, 0.15) is 24.2 Å². The zero-order chi connectivity index (χ0) is 24.9. The van der Waals surface area contributed by atoms with Gasteiger partial charge in [0, 0.05) is 30.0 Å². The second-order valence-corrected chi connectivity index (χ2v) is 8.29. The smallest absolute Gasteiger partial charge is 0.463 e. The van der Waals surface area contributed by atoms with Crippen LogP contribution in [0.25, 0.3) is 11.1 Å². The Labute approximate surface area is 194 Å². The van der Waals surface area contributed by atoms with Crippen molar-refractivity contribution in [2.24, 2.45) is 11.3 Å². The highest BCUT2D eigenvalue weighted by Gasteiger charge is 2.31. The lowest BCUT2D eigenvalue weighted by Crippen LogP contribution is -2.45. The van der Waals surface area contributed by atoms with Gasteiger partial charge in [0.05, 0.1) is 12.2 Å². The first-order valence-electron chi connectivity index (χ1n) is 10.2. The zero-order valence-corrected chi connectivity index (χ0v) is 18.5. The highest BCUT2D eigenvalue weighted by Crippen LogP contribution is 2.29. The molecule has 0 unspecified atom stereocenters. The molecule has 0 aliphatic rings. The number of halogens is 3. The molecule has 1 heterocycles. The molecule has 0 aliphatic heterocycles. The van der Waals surface area contributed by atoms with Crippen molar-refractivity contribution >= 4 is 11.6 Å². The number of benzene rings is 2. The first-order chi connectivity index (χ1) is 15.9. The van der Waals surface area contributed by atoms with E-state index in [1.54, 1.807) is 30.6 Å². The third kappa shape index (κ3) is 6.82. The molecule has 0 atom stereocenters. The largest absolute Gasteiger partial charge is 0.573 e. The number of nitrogen functional groups attached to an aromatic ring is 1. The lowest BCUT2D eigenvalue weighted by molar-refractivity contribution is -0.274. The summed E-state index contributed by atoms with van der Waals surface area (Å²) >= 11 is 0. The zero-order valence-electron chi connectivity index (χ0n) is 18.5. The second-order valence-electron chi connectivity index (χ2n) is 8.29. The normalized spacial score (nSPS) is 11.7. The standard InChI is InChI=1S/C23H24F3N5O3/c1-22(2,14-33-21-29-10-3-11-30-21)13-31(28)20(32)18-12-16(6-9-19(18)27)15-4-7-17(8-5-15)34-23(24,25)26/h3-12H,13-14,27-28H2,1-2H3. The molecule has 4 N–H and O–H groups in total. The van der Waals surface area contributed by atoms with Gasteiger partial charge in [-0.25, -0.2) is 15.8 Å². The summed E-state index contributed by atoms with van der Waals surface area (Å²) in [5, 5.41) is 1.05. The number of hydrogen-bond acceptors (Lipinski definition) is 7. The molecule has 0 spiro atoms. The quantitative estimate of drug-likeness (QED) is 0.219. The van der Waals surface area contributed by atoms with Gasteiger partial charge in [-0.2, -0.15) is 0 Å². The van der Waals surface area contributed by atoms with Gasteiger partial charge in [-0.3, -0.25) is 9.80 Å². The summed E-state index contributed by atoms with van der Waals surface area (Å²) in [4.78, 5) is 21.0. The fraction of sp³-hybridized carbons (Fsp3) is 0.261. The van der Waals surface area contributed by atoms with Gasteiger partial charge in [0.1, 0.15) is 5.75 Å². The van der Waals surface area contributed by atoms with Crippen LogP contribution < -0.4 is 21.1 Å². The SMILES string of the molecule is CC(C)(COc1ncccn1)CN(N)C(=O)c1cc(-c2ccc(OC(F)(F)F)cc2)ccc1N. The van der Waals surface area contributed by atoms with E-state index in [0.717, 1.165) is 5.01 Å². The maximum absolute atomic E-state index is 13.0. The van der Waals surface area contributed by atoms with Gasteiger partial charge in [-0.1, -0.05) is 32.0 Å². The van der Waals surface area contributed by atoms with Gasteiger partial charge in [0.25, 0.3) is 5.91 Å². The number of nitrogens with two attached hydrogens (primary N) is 2. The van der Waals surface area contributed by atoms with Crippen LogP contribution >= 0.6 is 0 Å². The van der Waals surface area contributed by atoms with Gasteiger partial charge < -0.3 is 15.2 Å². The van der Waals surface area contributed by atoms with E-state index in [9.17, 15) is 18.0 Å². The van der Waals surface area contributed by atoms with Crippen molar-refractivity contribution in [1.82, 2.24) is 15.0 Å². The van der Waals surface area contributed by atoms with Crippen LogP contribution in [0.3, 0.4) is 0 Å². The van der Waals surface area contributed by atoms with Crippen LogP contribution in [-0.4, -0.2) is 40.4 Å².